The van der Waals surface area contributed by atoms with E-state index >= 15 is 0 Å². The van der Waals surface area contributed by atoms with Crippen LogP contribution in [0.3, 0.4) is 0 Å². The Morgan fingerprint density at radius 3 is 2.58 bits per heavy atom. The van der Waals surface area contributed by atoms with Crippen LogP contribution in [0.25, 0.3) is 0 Å². The van der Waals surface area contributed by atoms with Crippen LogP contribution < -0.4 is 4.74 Å². The highest BCUT2D eigenvalue weighted by atomic mass is 16.5. The molecule has 0 saturated heterocycles. The predicted octanol–water partition coefficient (Wildman–Crippen LogP) is 3.34. The SMILES string of the molecule is C#CCOCc1cnc(C)c(OC(=O)CCC/C=C\C)c1COCC#C. The summed E-state index contributed by atoms with van der Waals surface area (Å²) in [6.07, 6.45) is 18.0. The Labute approximate surface area is 155 Å². The van der Waals surface area contributed by atoms with Crippen LogP contribution >= 0.6 is 0 Å². The molecule has 1 aromatic rings. The number of terminal acetylenes is 2. The maximum absolute atomic E-state index is 12.2. The van der Waals surface area contributed by atoms with Gasteiger partial charge in [-0.1, -0.05) is 24.0 Å². The van der Waals surface area contributed by atoms with E-state index in [9.17, 15) is 4.79 Å². The van der Waals surface area contributed by atoms with Gasteiger partial charge in [-0.2, -0.15) is 0 Å². The molecule has 0 aliphatic heterocycles. The number of nitrogens with zero attached hydrogens (tertiary/aromatic N) is 1. The highest BCUT2D eigenvalue weighted by Gasteiger charge is 2.17. The molecule has 5 nitrogen and oxygen atoms in total. The van der Waals surface area contributed by atoms with Crippen molar-refractivity contribution in [3.05, 3.63) is 35.2 Å². The van der Waals surface area contributed by atoms with Crippen LogP contribution in [0.15, 0.2) is 18.3 Å². The summed E-state index contributed by atoms with van der Waals surface area (Å²) >= 11 is 0. The van der Waals surface area contributed by atoms with Gasteiger partial charge in [0.25, 0.3) is 0 Å². The van der Waals surface area contributed by atoms with E-state index in [0.29, 0.717) is 23.4 Å². The van der Waals surface area contributed by atoms with Gasteiger partial charge in [-0.3, -0.25) is 9.78 Å². The van der Waals surface area contributed by atoms with Crippen LogP contribution in [0.4, 0.5) is 0 Å². The van der Waals surface area contributed by atoms with Gasteiger partial charge in [0.2, 0.25) is 0 Å². The zero-order valence-electron chi connectivity index (χ0n) is 15.4. The first-order chi connectivity index (χ1) is 12.6. The summed E-state index contributed by atoms with van der Waals surface area (Å²) in [6, 6.07) is 0. The van der Waals surface area contributed by atoms with Crippen molar-refractivity contribution in [2.45, 2.75) is 46.3 Å². The monoisotopic (exact) mass is 355 g/mol. The fourth-order valence-corrected chi connectivity index (χ4v) is 2.22. The number of carbonyl (C=O) groups is 1. The number of esters is 1. The average Bonchev–Trinajstić information content (AvgIpc) is 2.63. The van der Waals surface area contributed by atoms with Crippen LogP contribution in [-0.4, -0.2) is 24.2 Å². The summed E-state index contributed by atoms with van der Waals surface area (Å²) < 4.78 is 16.4. The zero-order chi connectivity index (χ0) is 19.2. The van der Waals surface area contributed by atoms with Crippen molar-refractivity contribution in [3.8, 4) is 30.4 Å². The molecule has 1 aromatic heterocycles. The van der Waals surface area contributed by atoms with E-state index in [1.165, 1.54) is 0 Å². The Bertz CT molecular complexity index is 695. The Morgan fingerprint density at radius 2 is 1.92 bits per heavy atom. The van der Waals surface area contributed by atoms with E-state index in [4.69, 9.17) is 27.1 Å². The van der Waals surface area contributed by atoms with Crippen LogP contribution in [0.5, 0.6) is 5.75 Å². The number of rotatable bonds is 11. The molecule has 0 aromatic carbocycles. The maximum atomic E-state index is 12.2. The molecule has 0 saturated carbocycles. The normalized spacial score (nSPS) is 10.5. The molecule has 0 atom stereocenters. The van der Waals surface area contributed by atoms with Gasteiger partial charge in [0.1, 0.15) is 13.2 Å². The molecule has 0 radical (unpaired) electrons. The van der Waals surface area contributed by atoms with Gasteiger partial charge in [0, 0.05) is 23.7 Å². The minimum Gasteiger partial charge on any atom is -0.424 e. The lowest BCUT2D eigenvalue weighted by Crippen LogP contribution is -2.13. The summed E-state index contributed by atoms with van der Waals surface area (Å²) in [6.45, 7) is 4.51. The Balaban J connectivity index is 2.94. The number of hydrogen-bond donors (Lipinski definition) is 0. The van der Waals surface area contributed by atoms with Crippen LogP contribution in [-0.2, 0) is 27.5 Å². The molecule has 0 spiro atoms. The van der Waals surface area contributed by atoms with E-state index in [2.05, 4.69) is 16.8 Å². The van der Waals surface area contributed by atoms with Gasteiger partial charge in [0.05, 0.1) is 18.9 Å². The molecule has 1 rings (SSSR count). The molecule has 0 bridgehead atoms. The number of hydrogen-bond acceptors (Lipinski definition) is 5. The molecule has 0 aliphatic carbocycles. The average molecular weight is 355 g/mol. The largest absolute Gasteiger partial charge is 0.424 e. The van der Waals surface area contributed by atoms with E-state index in [1.54, 1.807) is 13.1 Å². The fraction of sp³-hybridized carbons (Fsp3) is 0.429. The molecular formula is C21H25NO4. The van der Waals surface area contributed by atoms with Crippen LogP contribution in [0.1, 0.15) is 43.0 Å². The predicted molar refractivity (Wildman–Crippen MR) is 100 cm³/mol. The minimum absolute atomic E-state index is 0.156. The summed E-state index contributed by atoms with van der Waals surface area (Å²) in [5, 5.41) is 0. The number of ether oxygens (including phenoxy) is 3. The Kier molecular flexibility index (Phi) is 10.5. The van der Waals surface area contributed by atoms with Crippen molar-refractivity contribution in [2.24, 2.45) is 0 Å². The molecule has 5 heteroatoms. The third-order valence-corrected chi connectivity index (χ3v) is 3.48. The molecule has 0 aliphatic rings. The second kappa shape index (κ2) is 12.7. The summed E-state index contributed by atoms with van der Waals surface area (Å²) in [7, 11) is 0. The molecule has 0 unspecified atom stereocenters. The second-order valence-electron chi connectivity index (χ2n) is 5.51. The van der Waals surface area contributed by atoms with E-state index in [-0.39, 0.29) is 32.4 Å². The molecule has 0 fully saturated rings. The number of allylic oxidation sites excluding steroid dienone is 2. The Hall–Kier alpha value is -2.60. The van der Waals surface area contributed by atoms with Crippen LogP contribution in [0, 0.1) is 31.6 Å². The third-order valence-electron chi connectivity index (χ3n) is 3.48. The van der Waals surface area contributed by atoms with Crippen molar-refractivity contribution in [3.63, 3.8) is 0 Å². The second-order valence-corrected chi connectivity index (χ2v) is 5.51. The maximum Gasteiger partial charge on any atom is 0.311 e. The molecule has 26 heavy (non-hydrogen) atoms. The number of unbranched alkanes of at least 4 members (excludes halogenated alkanes) is 1. The van der Waals surface area contributed by atoms with Gasteiger partial charge in [0.15, 0.2) is 5.75 Å². The first-order valence-electron chi connectivity index (χ1n) is 8.45. The topological polar surface area (TPSA) is 57.7 Å². The van der Waals surface area contributed by atoms with Gasteiger partial charge in [-0.05, 0) is 26.7 Å². The third kappa shape index (κ3) is 7.53. The highest BCUT2D eigenvalue weighted by Crippen LogP contribution is 2.27. The lowest BCUT2D eigenvalue weighted by molar-refractivity contribution is -0.134. The van der Waals surface area contributed by atoms with E-state index in [1.807, 2.05) is 19.1 Å². The highest BCUT2D eigenvalue weighted by molar-refractivity contribution is 5.73. The molecule has 1 heterocycles. The summed E-state index contributed by atoms with van der Waals surface area (Å²) in [5.41, 5.74) is 2.05. The van der Waals surface area contributed by atoms with Crippen molar-refractivity contribution in [1.82, 2.24) is 4.98 Å². The van der Waals surface area contributed by atoms with Crippen LogP contribution in [0.2, 0.25) is 0 Å². The number of carbonyl (C=O) groups excluding carboxylic acids is 1. The van der Waals surface area contributed by atoms with E-state index < -0.39 is 0 Å². The van der Waals surface area contributed by atoms with Gasteiger partial charge >= 0.3 is 5.97 Å². The Morgan fingerprint density at radius 1 is 1.23 bits per heavy atom. The molecular weight excluding hydrogens is 330 g/mol. The van der Waals surface area contributed by atoms with E-state index in [0.717, 1.165) is 18.4 Å². The number of aryl methyl sites for hydroxylation is 1. The number of aromatic nitrogens is 1. The van der Waals surface area contributed by atoms with Crippen molar-refractivity contribution >= 4 is 5.97 Å². The quantitative estimate of drug-likeness (QED) is 0.264. The lowest BCUT2D eigenvalue weighted by atomic mass is 10.1. The fourth-order valence-electron chi connectivity index (χ4n) is 2.22. The van der Waals surface area contributed by atoms with Crippen molar-refractivity contribution in [1.29, 1.82) is 0 Å². The van der Waals surface area contributed by atoms with Gasteiger partial charge in [-0.15, -0.1) is 12.8 Å². The molecule has 0 N–H and O–H groups in total. The minimum atomic E-state index is -0.306. The smallest absolute Gasteiger partial charge is 0.311 e. The molecule has 138 valence electrons. The standard InChI is InChI=1S/C21H25NO4/c1-5-8-9-10-11-20(23)26-21-17(4)22-14-18(15-24-12-6-2)19(21)16-25-13-7-3/h2-3,5,8,14H,9-13,15-16H2,1,4H3/b8-5-. The van der Waals surface area contributed by atoms with Crippen molar-refractivity contribution < 1.29 is 19.0 Å². The van der Waals surface area contributed by atoms with Crippen molar-refractivity contribution in [2.75, 3.05) is 13.2 Å². The zero-order valence-corrected chi connectivity index (χ0v) is 15.4. The van der Waals surface area contributed by atoms with Gasteiger partial charge in [-0.25, -0.2) is 0 Å². The lowest BCUT2D eigenvalue weighted by Gasteiger charge is -2.16. The first kappa shape index (κ1) is 21.4. The van der Waals surface area contributed by atoms with Gasteiger partial charge < -0.3 is 14.2 Å². The summed E-state index contributed by atoms with van der Waals surface area (Å²) in [5.74, 6) is 4.92. The number of pyridine rings is 1. The summed E-state index contributed by atoms with van der Waals surface area (Å²) in [4.78, 5) is 16.5. The molecule has 0 amide bonds. The first-order valence-corrected chi connectivity index (χ1v) is 8.45.